The molecular formula is C24H21FN2O2. The number of hydrogen-bond acceptors (Lipinski definition) is 2. The van der Waals surface area contributed by atoms with E-state index in [0.717, 1.165) is 23.2 Å². The van der Waals surface area contributed by atoms with Crippen molar-refractivity contribution in [3.05, 3.63) is 101 Å². The van der Waals surface area contributed by atoms with Crippen LogP contribution >= 0.6 is 0 Å². The van der Waals surface area contributed by atoms with Crippen LogP contribution in [0.15, 0.2) is 78.9 Å². The van der Waals surface area contributed by atoms with Gasteiger partial charge in [-0.2, -0.15) is 0 Å². The first-order valence-electron chi connectivity index (χ1n) is 9.63. The highest BCUT2D eigenvalue weighted by atomic mass is 19.1. The van der Waals surface area contributed by atoms with E-state index in [-0.39, 0.29) is 17.6 Å². The largest absolute Gasteiger partial charge is 0.341 e. The van der Waals surface area contributed by atoms with E-state index in [1.54, 1.807) is 41.3 Å². The maximum Gasteiger partial charge on any atom is 0.252 e. The number of anilines is 1. The molecule has 0 radical (unpaired) electrons. The third-order valence-electron chi connectivity index (χ3n) is 5.13. The molecule has 1 saturated heterocycles. The summed E-state index contributed by atoms with van der Waals surface area (Å²) in [6, 6.07) is 22.3. The lowest BCUT2D eigenvalue weighted by Gasteiger charge is -2.20. The summed E-state index contributed by atoms with van der Waals surface area (Å²) < 4.78 is 13.4. The van der Waals surface area contributed by atoms with E-state index >= 15 is 0 Å². The quantitative estimate of drug-likeness (QED) is 0.701. The number of rotatable bonds is 5. The predicted molar refractivity (Wildman–Crippen MR) is 110 cm³/mol. The molecule has 1 N–H and O–H groups in total. The SMILES string of the molecule is O=C(NC(c1ccccc1)c1ccc(F)cc1)c1ccc(N2CCCC2=O)cc1. The van der Waals surface area contributed by atoms with E-state index in [0.29, 0.717) is 18.5 Å². The van der Waals surface area contributed by atoms with E-state index in [4.69, 9.17) is 0 Å². The third-order valence-corrected chi connectivity index (χ3v) is 5.13. The molecule has 0 aromatic heterocycles. The molecule has 3 aromatic carbocycles. The van der Waals surface area contributed by atoms with Gasteiger partial charge in [-0.1, -0.05) is 42.5 Å². The fourth-order valence-electron chi connectivity index (χ4n) is 3.59. The van der Waals surface area contributed by atoms with Crippen LogP contribution in [0.4, 0.5) is 10.1 Å². The third kappa shape index (κ3) is 4.19. The number of carbonyl (C=O) groups excluding carboxylic acids is 2. The van der Waals surface area contributed by atoms with E-state index in [1.807, 2.05) is 30.3 Å². The molecule has 4 rings (SSSR count). The average Bonchev–Trinajstić information content (AvgIpc) is 3.19. The van der Waals surface area contributed by atoms with Crippen LogP contribution < -0.4 is 10.2 Å². The van der Waals surface area contributed by atoms with Crippen LogP contribution in [0.1, 0.15) is 40.4 Å². The lowest BCUT2D eigenvalue weighted by molar-refractivity contribution is -0.117. The zero-order valence-electron chi connectivity index (χ0n) is 15.8. The van der Waals surface area contributed by atoms with Gasteiger partial charge in [0.2, 0.25) is 5.91 Å². The fourth-order valence-corrected chi connectivity index (χ4v) is 3.59. The molecule has 1 aliphatic heterocycles. The van der Waals surface area contributed by atoms with Gasteiger partial charge < -0.3 is 10.2 Å². The van der Waals surface area contributed by atoms with Gasteiger partial charge in [0.1, 0.15) is 5.82 Å². The minimum absolute atomic E-state index is 0.114. The number of amides is 2. The Bertz CT molecular complexity index is 1000. The van der Waals surface area contributed by atoms with Crippen molar-refractivity contribution in [3.8, 4) is 0 Å². The maximum atomic E-state index is 13.4. The van der Waals surface area contributed by atoms with Crippen molar-refractivity contribution in [2.45, 2.75) is 18.9 Å². The Hall–Kier alpha value is -3.47. The molecule has 0 saturated carbocycles. The zero-order chi connectivity index (χ0) is 20.2. The Morgan fingerprint density at radius 3 is 2.17 bits per heavy atom. The molecule has 1 atom stereocenters. The van der Waals surface area contributed by atoms with Gasteiger partial charge in [0.15, 0.2) is 0 Å². The Balaban J connectivity index is 1.56. The van der Waals surface area contributed by atoms with Crippen LogP contribution in [-0.2, 0) is 4.79 Å². The number of carbonyl (C=O) groups is 2. The van der Waals surface area contributed by atoms with Crippen molar-refractivity contribution in [2.75, 3.05) is 11.4 Å². The van der Waals surface area contributed by atoms with Crippen molar-refractivity contribution in [2.24, 2.45) is 0 Å². The second-order valence-corrected chi connectivity index (χ2v) is 7.06. The first kappa shape index (κ1) is 18.9. The predicted octanol–water partition coefficient (Wildman–Crippen LogP) is 4.47. The zero-order valence-corrected chi connectivity index (χ0v) is 15.8. The van der Waals surface area contributed by atoms with Crippen LogP contribution in [0.5, 0.6) is 0 Å². The molecule has 1 aliphatic rings. The van der Waals surface area contributed by atoms with Gasteiger partial charge in [-0.05, 0) is 53.9 Å². The molecular weight excluding hydrogens is 367 g/mol. The lowest BCUT2D eigenvalue weighted by atomic mass is 9.98. The summed E-state index contributed by atoms with van der Waals surface area (Å²) in [6.45, 7) is 0.713. The van der Waals surface area contributed by atoms with Gasteiger partial charge in [-0.15, -0.1) is 0 Å². The van der Waals surface area contributed by atoms with Crippen LogP contribution in [-0.4, -0.2) is 18.4 Å². The van der Waals surface area contributed by atoms with Gasteiger partial charge in [0.25, 0.3) is 5.91 Å². The van der Waals surface area contributed by atoms with Crippen molar-refractivity contribution < 1.29 is 14.0 Å². The molecule has 29 heavy (non-hydrogen) atoms. The number of benzene rings is 3. The second-order valence-electron chi connectivity index (χ2n) is 7.06. The molecule has 0 bridgehead atoms. The molecule has 1 unspecified atom stereocenters. The number of nitrogens with zero attached hydrogens (tertiary/aromatic N) is 1. The number of hydrogen-bond donors (Lipinski definition) is 1. The number of halogens is 1. The van der Waals surface area contributed by atoms with E-state index < -0.39 is 6.04 Å². The molecule has 4 nitrogen and oxygen atoms in total. The van der Waals surface area contributed by atoms with Crippen molar-refractivity contribution in [1.82, 2.24) is 5.32 Å². The Kier molecular flexibility index (Phi) is 5.38. The Morgan fingerprint density at radius 1 is 0.897 bits per heavy atom. The van der Waals surface area contributed by atoms with Crippen LogP contribution in [0, 0.1) is 5.82 Å². The van der Waals surface area contributed by atoms with E-state index in [2.05, 4.69) is 5.32 Å². The summed E-state index contributed by atoms with van der Waals surface area (Å²) in [5.41, 5.74) is 3.02. The molecule has 3 aromatic rings. The molecule has 1 heterocycles. The summed E-state index contributed by atoms with van der Waals surface area (Å²) in [5, 5.41) is 3.04. The minimum atomic E-state index is -0.399. The van der Waals surface area contributed by atoms with Gasteiger partial charge in [0, 0.05) is 24.2 Å². The summed E-state index contributed by atoms with van der Waals surface area (Å²) in [6.07, 6.45) is 1.43. The Morgan fingerprint density at radius 2 is 1.55 bits per heavy atom. The molecule has 1 fully saturated rings. The van der Waals surface area contributed by atoms with Gasteiger partial charge in [-0.3, -0.25) is 9.59 Å². The van der Waals surface area contributed by atoms with Crippen LogP contribution in [0.3, 0.4) is 0 Å². The van der Waals surface area contributed by atoms with Crippen molar-refractivity contribution >= 4 is 17.5 Å². The molecule has 5 heteroatoms. The normalized spacial score (nSPS) is 14.7. The number of nitrogens with one attached hydrogen (secondary N) is 1. The smallest absolute Gasteiger partial charge is 0.252 e. The van der Waals surface area contributed by atoms with E-state index in [1.165, 1.54) is 12.1 Å². The van der Waals surface area contributed by atoms with Gasteiger partial charge in [-0.25, -0.2) is 4.39 Å². The molecule has 0 spiro atoms. The maximum absolute atomic E-state index is 13.4. The van der Waals surface area contributed by atoms with Crippen molar-refractivity contribution in [1.29, 1.82) is 0 Å². The average molecular weight is 388 g/mol. The molecule has 0 aliphatic carbocycles. The van der Waals surface area contributed by atoms with Crippen LogP contribution in [0.25, 0.3) is 0 Å². The van der Waals surface area contributed by atoms with Gasteiger partial charge >= 0.3 is 0 Å². The van der Waals surface area contributed by atoms with Crippen molar-refractivity contribution in [3.63, 3.8) is 0 Å². The summed E-state index contributed by atoms with van der Waals surface area (Å²) in [7, 11) is 0. The van der Waals surface area contributed by atoms with E-state index in [9.17, 15) is 14.0 Å². The first-order valence-corrected chi connectivity index (χ1v) is 9.63. The van der Waals surface area contributed by atoms with Crippen LogP contribution in [0.2, 0.25) is 0 Å². The highest BCUT2D eigenvalue weighted by Crippen LogP contribution is 2.24. The molecule has 146 valence electrons. The summed E-state index contributed by atoms with van der Waals surface area (Å²) in [5.74, 6) is -0.441. The molecule has 2 amide bonds. The topological polar surface area (TPSA) is 49.4 Å². The highest BCUT2D eigenvalue weighted by Gasteiger charge is 2.22. The second kappa shape index (κ2) is 8.27. The highest BCUT2D eigenvalue weighted by molar-refractivity contribution is 5.97. The fraction of sp³-hybridized carbons (Fsp3) is 0.167. The summed E-state index contributed by atoms with van der Waals surface area (Å²) in [4.78, 5) is 26.5. The lowest BCUT2D eigenvalue weighted by Crippen LogP contribution is -2.29. The monoisotopic (exact) mass is 388 g/mol. The van der Waals surface area contributed by atoms with Gasteiger partial charge in [0.05, 0.1) is 6.04 Å². The Labute approximate surface area is 169 Å². The standard InChI is InChI=1S/C24H21FN2O2/c25-20-12-8-18(9-13-20)23(17-5-2-1-3-6-17)26-24(29)19-10-14-21(15-11-19)27-16-4-7-22(27)28/h1-3,5-6,8-15,23H,4,7,16H2,(H,26,29). The summed E-state index contributed by atoms with van der Waals surface area (Å²) >= 11 is 0. The first-order chi connectivity index (χ1) is 14.1. The minimum Gasteiger partial charge on any atom is -0.341 e.